The first-order chi connectivity index (χ1) is 8.24. The minimum Gasteiger partial charge on any atom is -0.480 e. The van der Waals surface area contributed by atoms with Crippen LogP contribution in [-0.2, 0) is 14.8 Å². The van der Waals surface area contributed by atoms with Crippen LogP contribution < -0.4 is 4.72 Å². The van der Waals surface area contributed by atoms with Crippen LogP contribution in [0.2, 0.25) is 0 Å². The molecule has 0 aliphatic carbocycles. The molecule has 1 atom stereocenters. The van der Waals surface area contributed by atoms with Gasteiger partial charge in [-0.1, -0.05) is 26.0 Å². The van der Waals surface area contributed by atoms with Crippen LogP contribution in [0.5, 0.6) is 0 Å². The van der Waals surface area contributed by atoms with Gasteiger partial charge in [-0.25, -0.2) is 8.42 Å². The van der Waals surface area contributed by atoms with Crippen molar-refractivity contribution in [2.45, 2.75) is 37.6 Å². The van der Waals surface area contributed by atoms with Crippen LogP contribution in [0.3, 0.4) is 0 Å². The number of carboxylic acid groups (broad SMARTS) is 1. The van der Waals surface area contributed by atoms with Crippen molar-refractivity contribution >= 4 is 16.0 Å². The lowest BCUT2D eigenvalue weighted by Crippen LogP contribution is -2.38. The fourth-order valence-electron chi connectivity index (χ4n) is 1.38. The summed E-state index contributed by atoms with van der Waals surface area (Å²) >= 11 is 0. The van der Waals surface area contributed by atoms with Gasteiger partial charge in [0.25, 0.3) is 0 Å². The number of sulfonamides is 1. The third-order valence-corrected chi connectivity index (χ3v) is 4.12. The summed E-state index contributed by atoms with van der Waals surface area (Å²) in [5.41, 5.74) is 1.03. The van der Waals surface area contributed by atoms with Crippen LogP contribution in [-0.4, -0.2) is 25.5 Å². The van der Waals surface area contributed by atoms with Crippen molar-refractivity contribution in [1.82, 2.24) is 4.72 Å². The molecule has 0 amide bonds. The van der Waals surface area contributed by atoms with Gasteiger partial charge in [0, 0.05) is 0 Å². The minimum atomic E-state index is -3.78. The zero-order valence-electron chi connectivity index (χ0n) is 10.5. The second-order valence-electron chi connectivity index (χ2n) is 4.40. The molecule has 0 saturated carbocycles. The van der Waals surface area contributed by atoms with Crippen molar-refractivity contribution in [1.29, 1.82) is 0 Å². The number of rotatable bonds is 5. The Morgan fingerprint density at radius 3 is 2.06 bits per heavy atom. The van der Waals surface area contributed by atoms with Crippen LogP contribution >= 0.6 is 0 Å². The molecule has 1 aromatic rings. The molecule has 5 nitrogen and oxygen atoms in total. The number of hydrogen-bond acceptors (Lipinski definition) is 3. The first kappa shape index (κ1) is 14.7. The van der Waals surface area contributed by atoms with E-state index in [1.54, 1.807) is 12.1 Å². The number of hydrogen-bond donors (Lipinski definition) is 2. The Kier molecular flexibility index (Phi) is 4.48. The molecule has 6 heteroatoms. The summed E-state index contributed by atoms with van der Waals surface area (Å²) in [4.78, 5) is 10.7. The summed E-state index contributed by atoms with van der Waals surface area (Å²) in [6.07, 6.45) is 0. The van der Waals surface area contributed by atoms with Crippen molar-refractivity contribution in [3.8, 4) is 0 Å². The molecular formula is C12H17NO4S. The maximum atomic E-state index is 11.9. The van der Waals surface area contributed by atoms with Crippen LogP contribution in [0.25, 0.3) is 0 Å². The average Bonchev–Trinajstić information content (AvgIpc) is 2.28. The van der Waals surface area contributed by atoms with Gasteiger partial charge in [0.2, 0.25) is 10.0 Å². The van der Waals surface area contributed by atoms with E-state index >= 15 is 0 Å². The molecule has 0 aliphatic heterocycles. The zero-order valence-corrected chi connectivity index (χ0v) is 11.4. The monoisotopic (exact) mass is 271 g/mol. The molecule has 0 bridgehead atoms. The molecule has 0 saturated heterocycles. The summed E-state index contributed by atoms with van der Waals surface area (Å²) in [6.45, 7) is 5.30. The van der Waals surface area contributed by atoms with Gasteiger partial charge in [-0.15, -0.1) is 0 Å². The Balaban J connectivity index is 2.95. The van der Waals surface area contributed by atoms with Gasteiger partial charge >= 0.3 is 5.97 Å². The smallest absolute Gasteiger partial charge is 0.321 e. The first-order valence-electron chi connectivity index (χ1n) is 5.59. The van der Waals surface area contributed by atoms with Crippen LogP contribution in [0.15, 0.2) is 29.2 Å². The lowest BCUT2D eigenvalue weighted by atomic mass is 10.0. The Morgan fingerprint density at radius 1 is 1.17 bits per heavy atom. The molecule has 18 heavy (non-hydrogen) atoms. The third-order valence-electron chi connectivity index (χ3n) is 2.56. The highest BCUT2D eigenvalue weighted by atomic mass is 32.2. The van der Waals surface area contributed by atoms with E-state index in [0.29, 0.717) is 5.92 Å². The fraction of sp³-hybridized carbons (Fsp3) is 0.417. The van der Waals surface area contributed by atoms with E-state index in [9.17, 15) is 13.2 Å². The molecule has 0 spiro atoms. The molecule has 0 aliphatic rings. The average molecular weight is 271 g/mol. The Labute approximate surface area is 107 Å². The second-order valence-corrected chi connectivity index (χ2v) is 6.12. The summed E-state index contributed by atoms with van der Waals surface area (Å²) in [5.74, 6) is -0.898. The molecule has 0 radical (unpaired) electrons. The SMILES string of the molecule is CC(NS(=O)(=O)c1ccc(C(C)C)cc1)C(=O)O. The van der Waals surface area contributed by atoms with Gasteiger partial charge < -0.3 is 5.11 Å². The van der Waals surface area contributed by atoms with Crippen molar-refractivity contribution in [2.24, 2.45) is 0 Å². The van der Waals surface area contributed by atoms with Crippen LogP contribution in [0.4, 0.5) is 0 Å². The van der Waals surface area contributed by atoms with Crippen LogP contribution in [0, 0.1) is 0 Å². The van der Waals surface area contributed by atoms with E-state index in [0.717, 1.165) is 5.56 Å². The lowest BCUT2D eigenvalue weighted by molar-refractivity contribution is -0.138. The quantitative estimate of drug-likeness (QED) is 0.851. The topological polar surface area (TPSA) is 83.5 Å². The standard InChI is InChI=1S/C12H17NO4S/c1-8(2)10-4-6-11(7-5-10)18(16,17)13-9(3)12(14)15/h4-9,13H,1-3H3,(H,14,15). The van der Waals surface area contributed by atoms with Gasteiger partial charge in [0.05, 0.1) is 4.90 Å². The Morgan fingerprint density at radius 2 is 1.67 bits per heavy atom. The summed E-state index contributed by atoms with van der Waals surface area (Å²) in [6, 6.07) is 5.26. The summed E-state index contributed by atoms with van der Waals surface area (Å²) in [5, 5.41) is 8.68. The molecule has 0 fully saturated rings. The van der Waals surface area contributed by atoms with Gasteiger partial charge in [0.15, 0.2) is 0 Å². The first-order valence-corrected chi connectivity index (χ1v) is 7.07. The van der Waals surface area contributed by atoms with E-state index < -0.39 is 22.0 Å². The third kappa shape index (κ3) is 3.54. The molecular weight excluding hydrogens is 254 g/mol. The molecule has 1 unspecified atom stereocenters. The Hall–Kier alpha value is -1.40. The van der Waals surface area contributed by atoms with E-state index in [2.05, 4.69) is 4.72 Å². The molecule has 0 heterocycles. The number of benzene rings is 1. The zero-order chi connectivity index (χ0) is 13.9. The highest BCUT2D eigenvalue weighted by molar-refractivity contribution is 7.89. The second kappa shape index (κ2) is 5.49. The van der Waals surface area contributed by atoms with E-state index in [-0.39, 0.29) is 4.90 Å². The van der Waals surface area contributed by atoms with Crippen molar-refractivity contribution in [3.63, 3.8) is 0 Å². The number of nitrogens with one attached hydrogen (secondary N) is 1. The van der Waals surface area contributed by atoms with Crippen molar-refractivity contribution in [2.75, 3.05) is 0 Å². The Bertz CT molecular complexity index is 520. The minimum absolute atomic E-state index is 0.0694. The van der Waals surface area contributed by atoms with E-state index in [4.69, 9.17) is 5.11 Å². The van der Waals surface area contributed by atoms with Gasteiger partial charge in [-0.3, -0.25) is 4.79 Å². The number of carboxylic acids is 1. The maximum Gasteiger partial charge on any atom is 0.321 e. The number of carbonyl (C=O) groups is 1. The van der Waals surface area contributed by atoms with Crippen molar-refractivity contribution < 1.29 is 18.3 Å². The molecule has 1 rings (SSSR count). The van der Waals surface area contributed by atoms with Crippen molar-refractivity contribution in [3.05, 3.63) is 29.8 Å². The molecule has 0 aromatic heterocycles. The number of aliphatic carboxylic acids is 1. The predicted octanol–water partition coefficient (Wildman–Crippen LogP) is 1.56. The van der Waals surface area contributed by atoms with Gasteiger partial charge in [-0.2, -0.15) is 4.72 Å². The molecule has 2 N–H and O–H groups in total. The summed E-state index contributed by atoms with van der Waals surface area (Å²) < 4.78 is 25.8. The fourth-order valence-corrected chi connectivity index (χ4v) is 2.58. The lowest BCUT2D eigenvalue weighted by Gasteiger charge is -2.11. The maximum absolute atomic E-state index is 11.9. The van der Waals surface area contributed by atoms with Gasteiger partial charge in [0.1, 0.15) is 6.04 Å². The highest BCUT2D eigenvalue weighted by Crippen LogP contribution is 2.17. The summed E-state index contributed by atoms with van der Waals surface area (Å²) in [7, 11) is -3.78. The van der Waals surface area contributed by atoms with E-state index in [1.165, 1.54) is 19.1 Å². The highest BCUT2D eigenvalue weighted by Gasteiger charge is 2.21. The normalized spacial score (nSPS) is 13.6. The van der Waals surface area contributed by atoms with E-state index in [1.807, 2.05) is 13.8 Å². The van der Waals surface area contributed by atoms with Crippen LogP contribution in [0.1, 0.15) is 32.3 Å². The molecule has 1 aromatic carbocycles. The molecule has 100 valence electrons. The predicted molar refractivity (Wildman–Crippen MR) is 68.0 cm³/mol. The van der Waals surface area contributed by atoms with Gasteiger partial charge in [-0.05, 0) is 30.5 Å². The largest absolute Gasteiger partial charge is 0.480 e.